The Bertz CT molecular complexity index is 901. The van der Waals surface area contributed by atoms with Crippen LogP contribution < -0.4 is 9.64 Å². The van der Waals surface area contributed by atoms with Crippen LogP contribution in [0.4, 0.5) is 5.82 Å². The average molecular weight is 351 g/mol. The molecule has 3 aromatic rings. The van der Waals surface area contributed by atoms with Gasteiger partial charge in [0.1, 0.15) is 11.6 Å². The Balaban J connectivity index is 1.40. The lowest BCUT2D eigenvalue weighted by Crippen LogP contribution is -2.48. The maximum atomic E-state index is 12.8. The second kappa shape index (κ2) is 7.13. The van der Waals surface area contributed by atoms with Crippen LogP contribution in [0.1, 0.15) is 10.4 Å². The summed E-state index contributed by atoms with van der Waals surface area (Å²) in [5, 5.41) is 0.939. The van der Waals surface area contributed by atoms with Gasteiger partial charge in [-0.2, -0.15) is 0 Å². The Labute approximate surface area is 151 Å². The van der Waals surface area contributed by atoms with E-state index in [4.69, 9.17) is 4.74 Å². The first-order valence-corrected chi connectivity index (χ1v) is 8.66. The van der Waals surface area contributed by atoms with Gasteiger partial charge in [-0.05, 0) is 12.1 Å². The third kappa shape index (κ3) is 3.25. The molecule has 0 spiro atoms. The molecule has 0 aliphatic carbocycles. The fraction of sp³-hybridized carbons (Fsp3) is 0.316. The molecule has 1 saturated heterocycles. The number of ether oxygens (including phenoxy) is 1. The molecule has 3 heterocycles. The number of aromatic nitrogens is 3. The lowest BCUT2D eigenvalue weighted by molar-refractivity contribution is 0.0928. The number of rotatable bonds is 5. The SMILES string of the molecule is COc1ccc2c(C(=O)CN3CCN(c4cnccn4)CC3)c[nH]c2c1. The van der Waals surface area contributed by atoms with E-state index in [1.165, 1.54) is 0 Å². The minimum atomic E-state index is 0.134. The van der Waals surface area contributed by atoms with E-state index in [-0.39, 0.29) is 5.78 Å². The second-order valence-electron chi connectivity index (χ2n) is 6.36. The molecular weight excluding hydrogens is 330 g/mol. The zero-order chi connectivity index (χ0) is 17.9. The highest BCUT2D eigenvalue weighted by molar-refractivity contribution is 6.09. The van der Waals surface area contributed by atoms with Crippen molar-refractivity contribution >= 4 is 22.5 Å². The number of ketones is 1. The second-order valence-corrected chi connectivity index (χ2v) is 6.36. The zero-order valence-corrected chi connectivity index (χ0v) is 14.7. The van der Waals surface area contributed by atoms with E-state index in [1.54, 1.807) is 31.9 Å². The Kier molecular flexibility index (Phi) is 4.53. The summed E-state index contributed by atoms with van der Waals surface area (Å²) < 4.78 is 5.23. The molecule has 0 bridgehead atoms. The van der Waals surface area contributed by atoms with Crippen LogP contribution >= 0.6 is 0 Å². The molecule has 1 aliphatic heterocycles. The normalized spacial score (nSPS) is 15.3. The molecule has 1 aliphatic rings. The van der Waals surface area contributed by atoms with Crippen molar-refractivity contribution in [1.82, 2.24) is 19.9 Å². The van der Waals surface area contributed by atoms with E-state index in [0.717, 1.165) is 54.2 Å². The summed E-state index contributed by atoms with van der Waals surface area (Å²) in [6.45, 7) is 3.78. The molecule has 4 rings (SSSR count). The van der Waals surface area contributed by atoms with Crippen molar-refractivity contribution in [3.8, 4) is 5.75 Å². The Morgan fingerprint density at radius 2 is 2.08 bits per heavy atom. The predicted molar refractivity (Wildman–Crippen MR) is 99.9 cm³/mol. The molecule has 1 fully saturated rings. The number of carbonyl (C=O) groups is 1. The fourth-order valence-electron chi connectivity index (χ4n) is 3.34. The molecule has 1 N–H and O–H groups in total. The number of nitrogens with one attached hydrogen (secondary N) is 1. The maximum Gasteiger partial charge on any atom is 0.178 e. The molecule has 0 saturated carbocycles. The minimum absolute atomic E-state index is 0.134. The molecule has 0 radical (unpaired) electrons. The molecular formula is C19H21N5O2. The lowest BCUT2D eigenvalue weighted by atomic mass is 10.1. The van der Waals surface area contributed by atoms with Crippen molar-refractivity contribution in [2.24, 2.45) is 0 Å². The van der Waals surface area contributed by atoms with Crippen LogP contribution in [-0.2, 0) is 0 Å². The van der Waals surface area contributed by atoms with Crippen LogP contribution in [0, 0.1) is 0 Å². The summed E-state index contributed by atoms with van der Waals surface area (Å²) in [7, 11) is 1.64. The van der Waals surface area contributed by atoms with Crippen molar-refractivity contribution in [3.63, 3.8) is 0 Å². The standard InChI is InChI=1S/C19H21N5O2/c1-26-14-2-3-15-16(11-22-17(15)10-14)18(25)13-23-6-8-24(9-7-23)19-12-20-4-5-21-19/h2-5,10-12,22H,6-9,13H2,1H3. The van der Waals surface area contributed by atoms with Gasteiger partial charge < -0.3 is 14.6 Å². The number of methoxy groups -OCH3 is 1. The molecule has 134 valence electrons. The number of aromatic amines is 1. The van der Waals surface area contributed by atoms with Crippen molar-refractivity contribution in [2.45, 2.75) is 0 Å². The third-order valence-electron chi connectivity index (χ3n) is 4.80. The van der Waals surface area contributed by atoms with Crippen LogP contribution in [0.3, 0.4) is 0 Å². The number of H-pyrrole nitrogens is 1. The maximum absolute atomic E-state index is 12.8. The first-order chi connectivity index (χ1) is 12.7. The predicted octanol–water partition coefficient (Wildman–Crippen LogP) is 1.97. The molecule has 0 atom stereocenters. The smallest absolute Gasteiger partial charge is 0.178 e. The Morgan fingerprint density at radius 3 is 2.81 bits per heavy atom. The monoisotopic (exact) mass is 351 g/mol. The highest BCUT2D eigenvalue weighted by Crippen LogP contribution is 2.24. The number of hydrogen-bond acceptors (Lipinski definition) is 6. The van der Waals surface area contributed by atoms with Gasteiger partial charge in [-0.3, -0.25) is 14.7 Å². The van der Waals surface area contributed by atoms with Gasteiger partial charge in [0, 0.05) is 67.3 Å². The van der Waals surface area contributed by atoms with Gasteiger partial charge in [-0.15, -0.1) is 0 Å². The highest BCUT2D eigenvalue weighted by atomic mass is 16.5. The number of anilines is 1. The molecule has 7 heteroatoms. The van der Waals surface area contributed by atoms with E-state index >= 15 is 0 Å². The number of piperazine rings is 1. The van der Waals surface area contributed by atoms with E-state index in [1.807, 2.05) is 18.2 Å². The van der Waals surface area contributed by atoms with Crippen LogP contribution in [0.15, 0.2) is 43.0 Å². The van der Waals surface area contributed by atoms with Gasteiger partial charge in [-0.1, -0.05) is 0 Å². The zero-order valence-electron chi connectivity index (χ0n) is 14.7. The van der Waals surface area contributed by atoms with Gasteiger partial charge in [0.05, 0.1) is 19.9 Å². The van der Waals surface area contributed by atoms with Crippen molar-refractivity contribution in [1.29, 1.82) is 0 Å². The lowest BCUT2D eigenvalue weighted by Gasteiger charge is -2.34. The molecule has 7 nitrogen and oxygen atoms in total. The van der Waals surface area contributed by atoms with E-state index in [2.05, 4.69) is 24.8 Å². The van der Waals surface area contributed by atoms with Gasteiger partial charge >= 0.3 is 0 Å². The largest absolute Gasteiger partial charge is 0.497 e. The first kappa shape index (κ1) is 16.5. The van der Waals surface area contributed by atoms with Crippen molar-refractivity contribution in [2.75, 3.05) is 44.7 Å². The topological polar surface area (TPSA) is 74.3 Å². The Hall–Kier alpha value is -2.93. The van der Waals surface area contributed by atoms with Crippen LogP contribution in [-0.4, -0.2) is 65.5 Å². The van der Waals surface area contributed by atoms with Gasteiger partial charge in [0.15, 0.2) is 5.78 Å². The van der Waals surface area contributed by atoms with Crippen LogP contribution in [0.2, 0.25) is 0 Å². The molecule has 1 aromatic carbocycles. The minimum Gasteiger partial charge on any atom is -0.497 e. The Morgan fingerprint density at radius 1 is 1.23 bits per heavy atom. The van der Waals surface area contributed by atoms with Crippen molar-refractivity contribution < 1.29 is 9.53 Å². The molecule has 26 heavy (non-hydrogen) atoms. The van der Waals surface area contributed by atoms with Crippen LogP contribution in [0.5, 0.6) is 5.75 Å². The first-order valence-electron chi connectivity index (χ1n) is 8.66. The quantitative estimate of drug-likeness (QED) is 0.709. The summed E-state index contributed by atoms with van der Waals surface area (Å²) in [5.41, 5.74) is 1.65. The van der Waals surface area contributed by atoms with Crippen LogP contribution in [0.25, 0.3) is 10.9 Å². The number of hydrogen-bond donors (Lipinski definition) is 1. The molecule has 0 unspecified atom stereocenters. The number of Topliss-reactive ketones (excluding diaryl/α,β-unsaturated/α-hetero) is 1. The summed E-state index contributed by atoms with van der Waals surface area (Å²) >= 11 is 0. The fourth-order valence-corrected chi connectivity index (χ4v) is 3.34. The summed E-state index contributed by atoms with van der Waals surface area (Å²) in [5.74, 6) is 1.80. The van der Waals surface area contributed by atoms with Crippen molar-refractivity contribution in [3.05, 3.63) is 48.5 Å². The number of benzene rings is 1. The molecule has 0 amide bonds. The van der Waals surface area contributed by atoms with E-state index in [0.29, 0.717) is 6.54 Å². The third-order valence-corrected chi connectivity index (χ3v) is 4.80. The highest BCUT2D eigenvalue weighted by Gasteiger charge is 2.21. The molecule has 2 aromatic heterocycles. The summed E-state index contributed by atoms with van der Waals surface area (Å²) in [4.78, 5) is 28.8. The average Bonchev–Trinajstić information content (AvgIpc) is 3.12. The van der Waals surface area contributed by atoms with E-state index < -0.39 is 0 Å². The summed E-state index contributed by atoms with van der Waals surface area (Å²) in [6, 6.07) is 5.72. The number of carbonyl (C=O) groups excluding carboxylic acids is 1. The number of fused-ring (bicyclic) bond motifs is 1. The van der Waals surface area contributed by atoms with Gasteiger partial charge in [0.25, 0.3) is 0 Å². The number of nitrogens with zero attached hydrogens (tertiary/aromatic N) is 4. The summed E-state index contributed by atoms with van der Waals surface area (Å²) in [6.07, 6.45) is 6.95. The van der Waals surface area contributed by atoms with E-state index in [9.17, 15) is 4.79 Å². The van der Waals surface area contributed by atoms with Gasteiger partial charge in [0.2, 0.25) is 0 Å². The van der Waals surface area contributed by atoms with Gasteiger partial charge in [-0.25, -0.2) is 4.98 Å².